The Bertz CT molecular complexity index is 526. The van der Waals surface area contributed by atoms with Crippen LogP contribution in [0.1, 0.15) is 19.3 Å². The van der Waals surface area contributed by atoms with Crippen molar-refractivity contribution < 1.29 is 4.74 Å². The summed E-state index contributed by atoms with van der Waals surface area (Å²) in [5, 5.41) is 1.14. The largest absolute Gasteiger partial charge is 0.490 e. The molecule has 88 valence electrons. The summed E-state index contributed by atoms with van der Waals surface area (Å²) in [6, 6.07) is 10.4. The molecular weight excluding hydrogens is 212 g/mol. The number of pyridine rings is 1. The second-order valence-corrected chi connectivity index (χ2v) is 4.67. The lowest BCUT2D eigenvalue weighted by Gasteiger charge is -2.13. The normalized spacial score (nSPS) is 24.1. The fourth-order valence-corrected chi connectivity index (χ4v) is 2.39. The molecule has 2 N–H and O–H groups in total. The average Bonchev–Trinajstić information content (AvgIpc) is 2.75. The molecule has 1 saturated carbocycles. The number of nitrogens with two attached hydrogens (primary N) is 1. The van der Waals surface area contributed by atoms with Crippen LogP contribution >= 0.6 is 0 Å². The van der Waals surface area contributed by atoms with Gasteiger partial charge >= 0.3 is 0 Å². The molecular formula is C14H16N2O. The maximum absolute atomic E-state index is 5.93. The lowest BCUT2D eigenvalue weighted by Crippen LogP contribution is -2.19. The van der Waals surface area contributed by atoms with Crippen molar-refractivity contribution in [2.45, 2.75) is 31.4 Å². The molecule has 2 unspecified atom stereocenters. The van der Waals surface area contributed by atoms with E-state index in [9.17, 15) is 0 Å². The van der Waals surface area contributed by atoms with Crippen LogP contribution in [0.25, 0.3) is 10.9 Å². The van der Waals surface area contributed by atoms with Gasteiger partial charge in [-0.3, -0.25) is 4.98 Å². The molecule has 0 amide bonds. The van der Waals surface area contributed by atoms with Crippen LogP contribution in [-0.4, -0.2) is 17.1 Å². The molecule has 1 aromatic heterocycles. The predicted octanol–water partition coefficient (Wildman–Crippen LogP) is 2.49. The number of hydrogen-bond donors (Lipinski definition) is 1. The molecule has 1 heterocycles. The van der Waals surface area contributed by atoms with Crippen LogP contribution in [0.2, 0.25) is 0 Å². The highest BCUT2D eigenvalue weighted by molar-refractivity contribution is 5.79. The van der Waals surface area contributed by atoms with E-state index < -0.39 is 0 Å². The SMILES string of the molecule is NC1CCC(Oc2ccc3cccnc3c2)C1. The molecule has 3 nitrogen and oxygen atoms in total. The van der Waals surface area contributed by atoms with Crippen LogP contribution in [0.15, 0.2) is 36.5 Å². The summed E-state index contributed by atoms with van der Waals surface area (Å²) in [6.07, 6.45) is 5.15. The minimum absolute atomic E-state index is 0.270. The molecule has 2 aromatic rings. The third-order valence-electron chi connectivity index (χ3n) is 3.31. The maximum Gasteiger partial charge on any atom is 0.121 e. The Morgan fingerprint density at radius 2 is 2.18 bits per heavy atom. The summed E-state index contributed by atoms with van der Waals surface area (Å²) in [4.78, 5) is 4.33. The van der Waals surface area contributed by atoms with Crippen molar-refractivity contribution in [1.29, 1.82) is 0 Å². The average molecular weight is 228 g/mol. The first-order chi connectivity index (χ1) is 8.31. The molecule has 0 saturated heterocycles. The zero-order valence-corrected chi connectivity index (χ0v) is 9.67. The second-order valence-electron chi connectivity index (χ2n) is 4.67. The topological polar surface area (TPSA) is 48.1 Å². The summed E-state index contributed by atoms with van der Waals surface area (Å²) in [5.41, 5.74) is 6.86. The van der Waals surface area contributed by atoms with Gasteiger partial charge in [0.15, 0.2) is 0 Å². The Morgan fingerprint density at radius 3 is 3.00 bits per heavy atom. The van der Waals surface area contributed by atoms with Gasteiger partial charge in [0, 0.05) is 23.7 Å². The van der Waals surface area contributed by atoms with Gasteiger partial charge in [-0.2, -0.15) is 0 Å². The molecule has 3 heteroatoms. The minimum Gasteiger partial charge on any atom is -0.490 e. The number of hydrogen-bond acceptors (Lipinski definition) is 3. The quantitative estimate of drug-likeness (QED) is 0.859. The highest BCUT2D eigenvalue weighted by atomic mass is 16.5. The molecule has 1 aliphatic carbocycles. The minimum atomic E-state index is 0.270. The molecule has 0 radical (unpaired) electrons. The predicted molar refractivity (Wildman–Crippen MR) is 68.0 cm³/mol. The lowest BCUT2D eigenvalue weighted by atomic mass is 10.2. The van der Waals surface area contributed by atoms with Crippen LogP contribution in [0, 0.1) is 0 Å². The van der Waals surface area contributed by atoms with E-state index in [0.29, 0.717) is 6.04 Å². The van der Waals surface area contributed by atoms with Crippen LogP contribution < -0.4 is 10.5 Å². The van der Waals surface area contributed by atoms with E-state index in [1.54, 1.807) is 6.20 Å². The first-order valence-electron chi connectivity index (χ1n) is 6.08. The third-order valence-corrected chi connectivity index (χ3v) is 3.31. The van der Waals surface area contributed by atoms with E-state index in [1.165, 1.54) is 0 Å². The van der Waals surface area contributed by atoms with Crippen molar-refractivity contribution in [3.05, 3.63) is 36.5 Å². The van der Waals surface area contributed by atoms with Gasteiger partial charge in [0.1, 0.15) is 11.9 Å². The maximum atomic E-state index is 5.93. The Hall–Kier alpha value is -1.61. The summed E-state index contributed by atoms with van der Waals surface area (Å²) >= 11 is 0. The van der Waals surface area contributed by atoms with E-state index in [0.717, 1.165) is 35.9 Å². The van der Waals surface area contributed by atoms with Crippen molar-refractivity contribution in [3.63, 3.8) is 0 Å². The monoisotopic (exact) mass is 228 g/mol. The lowest BCUT2D eigenvalue weighted by molar-refractivity contribution is 0.208. The van der Waals surface area contributed by atoms with E-state index >= 15 is 0 Å². The third kappa shape index (κ3) is 2.24. The Morgan fingerprint density at radius 1 is 1.24 bits per heavy atom. The fraction of sp³-hybridized carbons (Fsp3) is 0.357. The number of rotatable bonds is 2. The van der Waals surface area contributed by atoms with Crippen molar-refractivity contribution >= 4 is 10.9 Å². The van der Waals surface area contributed by atoms with Gasteiger partial charge in [-0.1, -0.05) is 6.07 Å². The Kier molecular flexibility index (Phi) is 2.69. The zero-order chi connectivity index (χ0) is 11.7. The van der Waals surface area contributed by atoms with E-state index in [1.807, 2.05) is 24.3 Å². The first kappa shape index (κ1) is 10.5. The van der Waals surface area contributed by atoms with Crippen LogP contribution in [0.4, 0.5) is 0 Å². The van der Waals surface area contributed by atoms with Gasteiger partial charge in [-0.25, -0.2) is 0 Å². The molecule has 0 spiro atoms. The number of benzene rings is 1. The van der Waals surface area contributed by atoms with E-state index in [4.69, 9.17) is 10.5 Å². The van der Waals surface area contributed by atoms with E-state index in [2.05, 4.69) is 11.1 Å². The Balaban J connectivity index is 1.81. The molecule has 1 fully saturated rings. The van der Waals surface area contributed by atoms with Gasteiger partial charge in [0.2, 0.25) is 0 Å². The van der Waals surface area contributed by atoms with Crippen LogP contribution in [0.5, 0.6) is 5.75 Å². The van der Waals surface area contributed by atoms with Gasteiger partial charge in [0.25, 0.3) is 0 Å². The van der Waals surface area contributed by atoms with Gasteiger partial charge in [0.05, 0.1) is 5.52 Å². The molecule has 1 aliphatic rings. The molecule has 0 bridgehead atoms. The molecule has 1 aromatic carbocycles. The van der Waals surface area contributed by atoms with Crippen LogP contribution in [-0.2, 0) is 0 Å². The van der Waals surface area contributed by atoms with Crippen molar-refractivity contribution in [3.8, 4) is 5.75 Å². The molecule has 0 aliphatic heterocycles. The summed E-state index contributed by atoms with van der Waals surface area (Å²) < 4.78 is 5.93. The molecule has 17 heavy (non-hydrogen) atoms. The number of aromatic nitrogens is 1. The number of ether oxygens (including phenoxy) is 1. The molecule has 2 atom stereocenters. The standard InChI is InChI=1S/C14H16N2O/c15-11-4-6-12(8-11)17-13-5-3-10-2-1-7-16-14(10)9-13/h1-3,5,7,9,11-12H,4,6,8,15H2. The van der Waals surface area contributed by atoms with Gasteiger partial charge in [-0.15, -0.1) is 0 Å². The van der Waals surface area contributed by atoms with E-state index in [-0.39, 0.29) is 6.10 Å². The second kappa shape index (κ2) is 4.34. The smallest absolute Gasteiger partial charge is 0.121 e. The van der Waals surface area contributed by atoms with Gasteiger partial charge in [-0.05, 0) is 37.5 Å². The summed E-state index contributed by atoms with van der Waals surface area (Å²) in [6.45, 7) is 0. The summed E-state index contributed by atoms with van der Waals surface area (Å²) in [5.74, 6) is 0.898. The van der Waals surface area contributed by atoms with Crippen molar-refractivity contribution in [2.75, 3.05) is 0 Å². The highest BCUT2D eigenvalue weighted by Crippen LogP contribution is 2.25. The number of nitrogens with zero attached hydrogens (tertiary/aromatic N) is 1. The summed E-state index contributed by atoms with van der Waals surface area (Å²) in [7, 11) is 0. The highest BCUT2D eigenvalue weighted by Gasteiger charge is 2.23. The van der Waals surface area contributed by atoms with Crippen molar-refractivity contribution in [2.24, 2.45) is 5.73 Å². The molecule has 3 rings (SSSR count). The Labute approximate surface area is 101 Å². The zero-order valence-electron chi connectivity index (χ0n) is 9.67. The fourth-order valence-electron chi connectivity index (χ4n) is 2.39. The first-order valence-corrected chi connectivity index (χ1v) is 6.08. The van der Waals surface area contributed by atoms with Crippen molar-refractivity contribution in [1.82, 2.24) is 4.98 Å². The van der Waals surface area contributed by atoms with Gasteiger partial charge < -0.3 is 10.5 Å². The van der Waals surface area contributed by atoms with Crippen LogP contribution in [0.3, 0.4) is 0 Å². The number of fused-ring (bicyclic) bond motifs is 1.